The van der Waals surface area contributed by atoms with Crippen molar-refractivity contribution in [2.75, 3.05) is 46.5 Å². The highest BCUT2D eigenvalue weighted by molar-refractivity contribution is 5.82. The fourth-order valence-electron chi connectivity index (χ4n) is 3.76. The number of piperazine rings is 1. The third-order valence-electron chi connectivity index (χ3n) is 5.59. The van der Waals surface area contributed by atoms with Gasteiger partial charge in [0.2, 0.25) is 5.91 Å². The van der Waals surface area contributed by atoms with E-state index in [1.807, 2.05) is 29.2 Å². The number of carbonyl (C=O) groups excluding carboxylic acids is 2. The lowest BCUT2D eigenvalue weighted by atomic mass is 10.1. The van der Waals surface area contributed by atoms with Gasteiger partial charge in [-0.2, -0.15) is 0 Å². The summed E-state index contributed by atoms with van der Waals surface area (Å²) in [5, 5.41) is 0. The SMILES string of the molecule is COc1cccc(CC(=O)N2CCN(C(=O)C(C)OCC3CCCCO3)CC2)c1. The van der Waals surface area contributed by atoms with E-state index in [1.165, 1.54) is 0 Å². The number of benzene rings is 1. The van der Waals surface area contributed by atoms with Gasteiger partial charge < -0.3 is 24.0 Å². The van der Waals surface area contributed by atoms with Crippen molar-refractivity contribution in [2.45, 2.75) is 44.8 Å². The summed E-state index contributed by atoms with van der Waals surface area (Å²) in [6.45, 7) is 5.21. The predicted octanol–water partition coefficient (Wildman–Crippen LogP) is 1.88. The molecule has 0 spiro atoms. The third kappa shape index (κ3) is 6.18. The van der Waals surface area contributed by atoms with Gasteiger partial charge >= 0.3 is 0 Å². The van der Waals surface area contributed by atoms with Crippen LogP contribution in [0.4, 0.5) is 0 Å². The Morgan fingerprint density at radius 3 is 2.62 bits per heavy atom. The fraction of sp³-hybridized carbons (Fsp3) is 0.636. The molecule has 2 atom stereocenters. The van der Waals surface area contributed by atoms with E-state index < -0.39 is 6.10 Å². The van der Waals surface area contributed by atoms with E-state index in [-0.39, 0.29) is 17.9 Å². The van der Waals surface area contributed by atoms with Crippen molar-refractivity contribution in [1.82, 2.24) is 9.80 Å². The van der Waals surface area contributed by atoms with Gasteiger partial charge in [-0.25, -0.2) is 0 Å². The van der Waals surface area contributed by atoms with Crippen molar-refractivity contribution < 1.29 is 23.8 Å². The van der Waals surface area contributed by atoms with Crippen molar-refractivity contribution in [3.8, 4) is 5.75 Å². The summed E-state index contributed by atoms with van der Waals surface area (Å²) in [7, 11) is 1.62. The van der Waals surface area contributed by atoms with Crippen LogP contribution >= 0.6 is 0 Å². The minimum absolute atomic E-state index is 0.0132. The molecule has 0 radical (unpaired) electrons. The summed E-state index contributed by atoms with van der Waals surface area (Å²) in [6.07, 6.45) is 3.21. The molecule has 0 aromatic heterocycles. The lowest BCUT2D eigenvalue weighted by molar-refractivity contribution is -0.150. The normalized spacial score (nSPS) is 21.0. The Hall–Kier alpha value is -2.12. The van der Waals surface area contributed by atoms with Gasteiger partial charge in [0, 0.05) is 32.8 Å². The Balaban J connectivity index is 1.41. The fourth-order valence-corrected chi connectivity index (χ4v) is 3.76. The van der Waals surface area contributed by atoms with Gasteiger partial charge in [-0.1, -0.05) is 12.1 Å². The lowest BCUT2D eigenvalue weighted by Gasteiger charge is -2.36. The Labute approximate surface area is 172 Å². The summed E-state index contributed by atoms with van der Waals surface area (Å²) >= 11 is 0. The zero-order valence-corrected chi connectivity index (χ0v) is 17.5. The van der Waals surface area contributed by atoms with Crippen molar-refractivity contribution in [1.29, 1.82) is 0 Å². The quantitative estimate of drug-likeness (QED) is 0.694. The van der Waals surface area contributed by atoms with Gasteiger partial charge in [-0.15, -0.1) is 0 Å². The lowest BCUT2D eigenvalue weighted by Crippen LogP contribution is -2.53. The molecule has 7 heteroatoms. The molecule has 2 fully saturated rings. The number of hydrogen-bond acceptors (Lipinski definition) is 5. The second kappa shape index (κ2) is 10.6. The topological polar surface area (TPSA) is 68.3 Å². The van der Waals surface area contributed by atoms with E-state index >= 15 is 0 Å². The van der Waals surface area contributed by atoms with Gasteiger partial charge in [-0.3, -0.25) is 9.59 Å². The Morgan fingerprint density at radius 1 is 1.17 bits per heavy atom. The van der Waals surface area contributed by atoms with Gasteiger partial charge in [0.25, 0.3) is 5.91 Å². The monoisotopic (exact) mass is 404 g/mol. The first-order chi connectivity index (χ1) is 14.1. The maximum Gasteiger partial charge on any atom is 0.251 e. The molecule has 29 heavy (non-hydrogen) atoms. The first-order valence-corrected chi connectivity index (χ1v) is 10.5. The zero-order valence-electron chi connectivity index (χ0n) is 17.5. The van der Waals surface area contributed by atoms with E-state index in [1.54, 1.807) is 18.9 Å². The predicted molar refractivity (Wildman–Crippen MR) is 109 cm³/mol. The van der Waals surface area contributed by atoms with Crippen LogP contribution < -0.4 is 4.74 Å². The smallest absolute Gasteiger partial charge is 0.251 e. The number of carbonyl (C=O) groups is 2. The number of amides is 2. The molecular formula is C22H32N2O5. The van der Waals surface area contributed by atoms with Crippen molar-refractivity contribution in [3.05, 3.63) is 29.8 Å². The van der Waals surface area contributed by atoms with Crippen LogP contribution in [0.15, 0.2) is 24.3 Å². The molecule has 1 aromatic rings. The average molecular weight is 405 g/mol. The molecule has 0 aliphatic carbocycles. The molecule has 2 aliphatic heterocycles. The summed E-state index contributed by atoms with van der Waals surface area (Å²) < 4.78 is 16.6. The first-order valence-electron chi connectivity index (χ1n) is 10.5. The van der Waals surface area contributed by atoms with Crippen LogP contribution in [0.5, 0.6) is 5.75 Å². The van der Waals surface area contributed by atoms with Crippen LogP contribution in [0.1, 0.15) is 31.7 Å². The van der Waals surface area contributed by atoms with Crippen molar-refractivity contribution >= 4 is 11.8 Å². The molecule has 0 N–H and O–H groups in total. The van der Waals surface area contributed by atoms with Crippen LogP contribution in [0, 0.1) is 0 Å². The third-order valence-corrected chi connectivity index (χ3v) is 5.59. The highest BCUT2D eigenvalue weighted by Gasteiger charge is 2.28. The largest absolute Gasteiger partial charge is 0.497 e. The zero-order chi connectivity index (χ0) is 20.6. The molecule has 0 bridgehead atoms. The molecular weight excluding hydrogens is 372 g/mol. The van der Waals surface area contributed by atoms with Gasteiger partial charge in [0.05, 0.1) is 26.2 Å². The maximum absolute atomic E-state index is 12.7. The molecule has 2 aliphatic rings. The number of methoxy groups -OCH3 is 1. The molecule has 7 nitrogen and oxygen atoms in total. The number of hydrogen-bond donors (Lipinski definition) is 0. The molecule has 1 aromatic carbocycles. The van der Waals surface area contributed by atoms with Crippen LogP contribution in [0.25, 0.3) is 0 Å². The Kier molecular flexibility index (Phi) is 7.89. The van der Waals surface area contributed by atoms with Crippen LogP contribution in [-0.4, -0.2) is 80.3 Å². The van der Waals surface area contributed by atoms with E-state index in [0.717, 1.165) is 37.2 Å². The Bertz CT molecular complexity index is 682. The minimum atomic E-state index is -0.487. The standard InChI is InChI=1S/C22H32N2O5/c1-17(29-16-20-7-3-4-13-28-20)22(26)24-11-9-23(10-12-24)21(25)15-18-6-5-8-19(14-18)27-2/h5-6,8,14,17,20H,3-4,7,9-13,15-16H2,1-2H3. The summed E-state index contributed by atoms with van der Waals surface area (Å²) in [5.74, 6) is 0.808. The van der Waals surface area contributed by atoms with Crippen LogP contribution in [-0.2, 0) is 25.5 Å². The second-order valence-corrected chi connectivity index (χ2v) is 7.70. The first kappa shape index (κ1) is 21.6. The number of nitrogens with zero attached hydrogens (tertiary/aromatic N) is 2. The van der Waals surface area contributed by atoms with Crippen LogP contribution in [0.3, 0.4) is 0 Å². The Morgan fingerprint density at radius 2 is 1.93 bits per heavy atom. The minimum Gasteiger partial charge on any atom is -0.497 e. The van der Waals surface area contributed by atoms with Crippen molar-refractivity contribution in [3.63, 3.8) is 0 Å². The number of ether oxygens (including phenoxy) is 3. The van der Waals surface area contributed by atoms with E-state index in [0.29, 0.717) is 39.2 Å². The van der Waals surface area contributed by atoms with Gasteiger partial charge in [-0.05, 0) is 43.9 Å². The van der Waals surface area contributed by atoms with E-state index in [4.69, 9.17) is 14.2 Å². The molecule has 3 rings (SSSR count). The van der Waals surface area contributed by atoms with Crippen molar-refractivity contribution in [2.24, 2.45) is 0 Å². The summed E-state index contributed by atoms with van der Waals surface area (Å²) in [6, 6.07) is 7.56. The van der Waals surface area contributed by atoms with E-state index in [9.17, 15) is 9.59 Å². The number of rotatable bonds is 7. The van der Waals surface area contributed by atoms with Gasteiger partial charge in [0.15, 0.2) is 0 Å². The molecule has 160 valence electrons. The highest BCUT2D eigenvalue weighted by Crippen LogP contribution is 2.16. The second-order valence-electron chi connectivity index (χ2n) is 7.70. The molecule has 0 saturated carbocycles. The highest BCUT2D eigenvalue weighted by atomic mass is 16.5. The molecule has 2 heterocycles. The van der Waals surface area contributed by atoms with E-state index in [2.05, 4.69) is 0 Å². The molecule has 2 unspecified atom stereocenters. The summed E-state index contributed by atoms with van der Waals surface area (Å²) in [4.78, 5) is 28.9. The molecule has 2 amide bonds. The molecule has 2 saturated heterocycles. The van der Waals surface area contributed by atoms with Gasteiger partial charge in [0.1, 0.15) is 11.9 Å². The average Bonchev–Trinajstić information content (AvgIpc) is 2.78. The summed E-state index contributed by atoms with van der Waals surface area (Å²) in [5.41, 5.74) is 0.930. The maximum atomic E-state index is 12.7. The van der Waals surface area contributed by atoms with Crippen LogP contribution in [0.2, 0.25) is 0 Å².